The first-order valence-electron chi connectivity index (χ1n) is 9.93. The summed E-state index contributed by atoms with van der Waals surface area (Å²) in [5.41, 5.74) is 3.88. The predicted octanol–water partition coefficient (Wildman–Crippen LogP) is 5.18. The Kier molecular flexibility index (Phi) is 4.55. The van der Waals surface area contributed by atoms with Crippen LogP contribution in [0.1, 0.15) is 33.2 Å². The third kappa shape index (κ3) is 3.04. The van der Waals surface area contributed by atoms with E-state index in [9.17, 15) is 19.3 Å². The molecule has 7 nitrogen and oxygen atoms in total. The molecular weight excluding hydrogens is 411 g/mol. The lowest BCUT2D eigenvalue weighted by molar-refractivity contribution is -0.385. The van der Waals surface area contributed by atoms with Gasteiger partial charge in [-0.05, 0) is 37.3 Å². The quantitative estimate of drug-likeness (QED) is 0.358. The number of rotatable bonds is 4. The van der Waals surface area contributed by atoms with E-state index in [1.807, 2.05) is 31.2 Å². The summed E-state index contributed by atoms with van der Waals surface area (Å²) in [4.78, 5) is 26.2. The molecule has 1 aromatic heterocycles. The van der Waals surface area contributed by atoms with Crippen LogP contribution >= 0.6 is 0 Å². The normalized spacial score (nSPS) is 15.1. The van der Waals surface area contributed by atoms with E-state index in [4.69, 9.17) is 0 Å². The number of para-hydroxylation sites is 1. The van der Waals surface area contributed by atoms with Crippen molar-refractivity contribution in [3.8, 4) is 11.3 Å². The molecule has 0 saturated heterocycles. The van der Waals surface area contributed by atoms with E-state index in [2.05, 4.69) is 10.2 Å². The molecule has 1 atom stereocenters. The van der Waals surface area contributed by atoms with Crippen molar-refractivity contribution >= 4 is 17.3 Å². The summed E-state index contributed by atoms with van der Waals surface area (Å²) in [6, 6.07) is 18.7. The molecule has 32 heavy (non-hydrogen) atoms. The summed E-state index contributed by atoms with van der Waals surface area (Å²) in [5, 5.41) is 19.0. The zero-order valence-corrected chi connectivity index (χ0v) is 16.9. The topological polar surface area (TPSA) is 92.1 Å². The van der Waals surface area contributed by atoms with Crippen LogP contribution in [0.5, 0.6) is 0 Å². The highest BCUT2D eigenvalue weighted by atomic mass is 19.1. The number of aromatic nitrogens is 2. The number of nitrogens with zero attached hydrogens (tertiary/aromatic N) is 3. The molecule has 0 unspecified atom stereocenters. The van der Waals surface area contributed by atoms with Gasteiger partial charge in [-0.2, -0.15) is 5.10 Å². The number of nitrogens with one attached hydrogen (secondary N) is 1. The number of aromatic amines is 1. The van der Waals surface area contributed by atoms with E-state index >= 15 is 0 Å². The van der Waals surface area contributed by atoms with Crippen molar-refractivity contribution in [2.45, 2.75) is 13.0 Å². The predicted molar refractivity (Wildman–Crippen MR) is 117 cm³/mol. The van der Waals surface area contributed by atoms with Gasteiger partial charge in [0, 0.05) is 22.9 Å². The van der Waals surface area contributed by atoms with Crippen LogP contribution in [0.25, 0.3) is 11.3 Å². The first-order chi connectivity index (χ1) is 15.5. The molecule has 3 aromatic carbocycles. The highest BCUT2D eigenvalue weighted by molar-refractivity contribution is 6.12. The van der Waals surface area contributed by atoms with Crippen molar-refractivity contribution in [2.75, 3.05) is 4.90 Å². The molecule has 0 saturated carbocycles. The van der Waals surface area contributed by atoms with Gasteiger partial charge in [-0.25, -0.2) is 4.39 Å². The number of nitro groups is 1. The van der Waals surface area contributed by atoms with Gasteiger partial charge in [0.25, 0.3) is 11.6 Å². The van der Waals surface area contributed by atoms with E-state index in [-0.39, 0.29) is 17.3 Å². The fourth-order valence-corrected chi connectivity index (χ4v) is 4.13. The Morgan fingerprint density at radius 1 is 1.03 bits per heavy atom. The zero-order valence-electron chi connectivity index (χ0n) is 16.9. The van der Waals surface area contributed by atoms with E-state index in [1.54, 1.807) is 18.2 Å². The number of carbonyl (C=O) groups excluding carboxylic acids is 1. The molecule has 0 aliphatic carbocycles. The van der Waals surface area contributed by atoms with Gasteiger partial charge in [0.1, 0.15) is 11.5 Å². The summed E-state index contributed by atoms with van der Waals surface area (Å²) in [7, 11) is 0. The van der Waals surface area contributed by atoms with Gasteiger partial charge in [0.05, 0.1) is 22.2 Å². The minimum absolute atomic E-state index is 0.110. The molecular formula is C24H17FN4O3. The second-order valence-electron chi connectivity index (χ2n) is 7.60. The number of benzene rings is 3. The number of amides is 1. The number of hydrogen-bond donors (Lipinski definition) is 1. The van der Waals surface area contributed by atoms with Crippen LogP contribution in [0, 0.1) is 22.9 Å². The SMILES string of the molecule is Cc1ccc(-c2n[nH]c3c2[C@@H](c2ccccc2[N+](=O)[O-])N(c2ccc(F)cc2)C3=O)cc1. The zero-order chi connectivity index (χ0) is 22.4. The molecule has 1 N–H and O–H groups in total. The second kappa shape index (κ2) is 7.42. The van der Waals surface area contributed by atoms with E-state index in [0.29, 0.717) is 22.5 Å². The monoisotopic (exact) mass is 428 g/mol. The van der Waals surface area contributed by atoms with Gasteiger partial charge in [-0.3, -0.25) is 24.9 Å². The third-order valence-corrected chi connectivity index (χ3v) is 5.63. The fraction of sp³-hybridized carbons (Fsp3) is 0.0833. The minimum Gasteiger partial charge on any atom is -0.295 e. The summed E-state index contributed by atoms with van der Waals surface area (Å²) in [6.45, 7) is 1.97. The lowest BCUT2D eigenvalue weighted by atomic mass is 9.94. The summed E-state index contributed by atoms with van der Waals surface area (Å²) in [5.74, 6) is -0.830. The number of fused-ring (bicyclic) bond motifs is 1. The molecule has 0 bridgehead atoms. The van der Waals surface area contributed by atoms with Gasteiger partial charge in [-0.1, -0.05) is 42.0 Å². The molecule has 8 heteroatoms. The van der Waals surface area contributed by atoms with Gasteiger partial charge in [0.15, 0.2) is 0 Å². The Morgan fingerprint density at radius 3 is 2.41 bits per heavy atom. The molecule has 5 rings (SSSR count). The molecule has 0 radical (unpaired) electrons. The van der Waals surface area contributed by atoms with Crippen LogP contribution in [-0.4, -0.2) is 21.0 Å². The first-order valence-corrected chi connectivity index (χ1v) is 9.93. The summed E-state index contributed by atoms with van der Waals surface area (Å²) < 4.78 is 13.6. The third-order valence-electron chi connectivity index (χ3n) is 5.63. The van der Waals surface area contributed by atoms with Gasteiger partial charge in [-0.15, -0.1) is 0 Å². The molecule has 158 valence electrons. The van der Waals surface area contributed by atoms with Crippen LogP contribution in [0.4, 0.5) is 15.8 Å². The maximum atomic E-state index is 13.6. The number of carbonyl (C=O) groups is 1. The molecule has 0 fully saturated rings. The van der Waals surface area contributed by atoms with Gasteiger partial charge >= 0.3 is 0 Å². The standard InChI is InChI=1S/C24H17FN4O3/c1-14-6-8-15(9-7-14)21-20-22(27-26-21)24(30)28(17-12-10-16(25)11-13-17)23(20)18-4-2-3-5-19(18)29(31)32/h2-13,23H,1H3,(H,26,27)/t23-/m1/s1. The van der Waals surface area contributed by atoms with Crippen LogP contribution < -0.4 is 4.90 Å². The molecule has 4 aromatic rings. The van der Waals surface area contributed by atoms with Gasteiger partial charge in [0.2, 0.25) is 0 Å². The Labute approximate surface area is 182 Å². The number of anilines is 1. The highest BCUT2D eigenvalue weighted by Crippen LogP contribution is 2.47. The Hall–Kier alpha value is -4.33. The second-order valence-corrected chi connectivity index (χ2v) is 7.60. The minimum atomic E-state index is -0.806. The van der Waals surface area contributed by atoms with E-state index < -0.39 is 16.8 Å². The molecule has 2 heterocycles. The first kappa shape index (κ1) is 19.6. The fourth-order valence-electron chi connectivity index (χ4n) is 4.13. The number of halogens is 1. The lowest BCUT2D eigenvalue weighted by Crippen LogP contribution is -2.29. The maximum absolute atomic E-state index is 13.6. The Balaban J connectivity index is 1.77. The largest absolute Gasteiger partial charge is 0.295 e. The highest BCUT2D eigenvalue weighted by Gasteiger charge is 2.45. The van der Waals surface area contributed by atoms with Crippen molar-refractivity contribution in [2.24, 2.45) is 0 Å². The van der Waals surface area contributed by atoms with Crippen molar-refractivity contribution in [3.63, 3.8) is 0 Å². The van der Waals surface area contributed by atoms with Crippen molar-refractivity contribution in [1.82, 2.24) is 10.2 Å². The summed E-state index contributed by atoms with van der Waals surface area (Å²) in [6.07, 6.45) is 0. The van der Waals surface area contributed by atoms with Crippen LogP contribution in [0.3, 0.4) is 0 Å². The van der Waals surface area contributed by atoms with Gasteiger partial charge < -0.3 is 0 Å². The van der Waals surface area contributed by atoms with Crippen LogP contribution in [-0.2, 0) is 0 Å². The Bertz CT molecular complexity index is 1350. The Morgan fingerprint density at radius 2 is 1.72 bits per heavy atom. The van der Waals surface area contributed by atoms with Crippen LogP contribution in [0.15, 0.2) is 72.8 Å². The van der Waals surface area contributed by atoms with Crippen molar-refractivity contribution in [3.05, 3.63) is 111 Å². The number of aryl methyl sites for hydroxylation is 1. The molecule has 0 spiro atoms. The number of nitro benzene ring substituents is 1. The smallest absolute Gasteiger partial charge is 0.277 e. The average Bonchev–Trinajstić information content (AvgIpc) is 3.34. The van der Waals surface area contributed by atoms with Crippen molar-refractivity contribution < 1.29 is 14.1 Å². The van der Waals surface area contributed by atoms with Crippen molar-refractivity contribution in [1.29, 1.82) is 0 Å². The lowest BCUT2D eigenvalue weighted by Gasteiger charge is -2.26. The maximum Gasteiger partial charge on any atom is 0.277 e. The molecule has 1 amide bonds. The molecule has 1 aliphatic heterocycles. The number of H-pyrrole nitrogens is 1. The number of hydrogen-bond acceptors (Lipinski definition) is 4. The summed E-state index contributed by atoms with van der Waals surface area (Å²) >= 11 is 0. The van der Waals surface area contributed by atoms with E-state index in [0.717, 1.165) is 11.1 Å². The average molecular weight is 428 g/mol. The van der Waals surface area contributed by atoms with E-state index in [1.165, 1.54) is 35.2 Å². The van der Waals surface area contributed by atoms with Crippen LogP contribution in [0.2, 0.25) is 0 Å². The molecule has 1 aliphatic rings.